The molecule has 1 aromatic heterocycles. The lowest BCUT2D eigenvalue weighted by atomic mass is 9.85. The summed E-state index contributed by atoms with van der Waals surface area (Å²) in [5.41, 5.74) is 23.0. The molecule has 0 spiro atoms. The van der Waals surface area contributed by atoms with Crippen molar-refractivity contribution in [3.05, 3.63) is 253 Å². The normalized spacial score (nSPS) is 15.9. The summed E-state index contributed by atoms with van der Waals surface area (Å²) in [4.78, 5) is 2.56. The number of anilines is 2. The number of hydrogen-bond acceptors (Lipinski definition) is 1. The van der Waals surface area contributed by atoms with Crippen LogP contribution in [0.15, 0.2) is 231 Å². The summed E-state index contributed by atoms with van der Waals surface area (Å²) < 4.78 is 2.44. The maximum atomic E-state index is 2.56. The van der Waals surface area contributed by atoms with Gasteiger partial charge in [-0.15, -0.1) is 0 Å². The van der Waals surface area contributed by atoms with Crippen LogP contribution in [0.2, 0.25) is 0 Å². The molecule has 9 aromatic carbocycles. The van der Waals surface area contributed by atoms with E-state index in [-0.39, 0.29) is 12.0 Å². The summed E-state index contributed by atoms with van der Waals surface area (Å²) in [5, 5.41) is 2.52. The lowest BCUT2D eigenvalue weighted by molar-refractivity contribution is 0.747. The van der Waals surface area contributed by atoms with E-state index in [1.165, 1.54) is 111 Å². The van der Waals surface area contributed by atoms with Gasteiger partial charge in [0.15, 0.2) is 0 Å². The van der Waals surface area contributed by atoms with E-state index < -0.39 is 0 Å². The fourth-order valence-electron chi connectivity index (χ4n) is 10.8. The molecule has 13 rings (SSSR count). The molecular weight excluding hydrogens is 761 g/mol. The van der Waals surface area contributed by atoms with E-state index in [1.807, 2.05) is 0 Å². The molecule has 2 unspecified atom stereocenters. The molecule has 2 atom stereocenters. The van der Waals surface area contributed by atoms with Crippen LogP contribution in [0.4, 0.5) is 11.4 Å². The number of nitrogens with zero attached hydrogens (tertiary/aromatic N) is 2. The highest BCUT2D eigenvalue weighted by Crippen LogP contribution is 2.51. The van der Waals surface area contributed by atoms with E-state index in [0.29, 0.717) is 0 Å². The van der Waals surface area contributed by atoms with Crippen LogP contribution in [-0.2, 0) is 6.42 Å². The highest BCUT2D eigenvalue weighted by atomic mass is 15.2. The van der Waals surface area contributed by atoms with Gasteiger partial charge in [-0.2, -0.15) is 0 Å². The lowest BCUT2D eigenvalue weighted by Gasteiger charge is -2.31. The molecule has 0 saturated carbocycles. The molecular formula is C61H42N2. The Labute approximate surface area is 368 Å². The van der Waals surface area contributed by atoms with Crippen molar-refractivity contribution in [2.75, 3.05) is 4.90 Å². The van der Waals surface area contributed by atoms with E-state index in [4.69, 9.17) is 0 Å². The van der Waals surface area contributed by atoms with E-state index in [1.54, 1.807) is 0 Å². The molecule has 0 saturated heterocycles. The maximum Gasteiger partial charge on any atom is 0.0630 e. The van der Waals surface area contributed by atoms with Crippen LogP contribution >= 0.6 is 0 Å². The van der Waals surface area contributed by atoms with E-state index in [0.717, 1.165) is 6.42 Å². The van der Waals surface area contributed by atoms with Gasteiger partial charge in [-0.1, -0.05) is 182 Å². The van der Waals surface area contributed by atoms with E-state index >= 15 is 0 Å². The summed E-state index contributed by atoms with van der Waals surface area (Å²) in [6, 6.07) is 78.5. The Hall–Kier alpha value is -7.94. The standard InChI is InChI=1S/C61H42N2/c1-3-15-40(16-4-1)48-19-7-11-23-56(48)62-58-25-13-9-21-50(58)54-38-44(31-33-60(54)62)42-27-29-46-35-47-30-28-43(37-53(47)52(46)36-42)45-32-34-61-55(39-45)51-22-10-14-26-59(51)63(61)57-24-12-8-20-49(57)41-17-5-2-6-18-41/h1-34,36-39,54,60H,35H2. The lowest BCUT2D eigenvalue weighted by Crippen LogP contribution is -2.29. The second-order valence-electron chi connectivity index (χ2n) is 17.2. The third kappa shape index (κ3) is 5.72. The molecule has 0 fully saturated rings. The number of allylic oxidation sites excluding steroid dienone is 2. The zero-order valence-corrected chi connectivity index (χ0v) is 34.7. The number of benzene rings is 9. The van der Waals surface area contributed by atoms with Gasteiger partial charge in [0.05, 0.1) is 22.8 Å². The van der Waals surface area contributed by atoms with Crippen molar-refractivity contribution in [3.8, 4) is 50.2 Å². The molecule has 2 heteroatoms. The first kappa shape index (κ1) is 35.8. The molecule has 0 bridgehead atoms. The van der Waals surface area contributed by atoms with Crippen LogP contribution in [0, 0.1) is 0 Å². The Bertz CT molecular complexity index is 3500. The largest absolute Gasteiger partial charge is 0.333 e. The quantitative estimate of drug-likeness (QED) is 0.163. The van der Waals surface area contributed by atoms with Gasteiger partial charge in [-0.3, -0.25) is 0 Å². The molecule has 2 heterocycles. The van der Waals surface area contributed by atoms with Crippen LogP contribution in [0.3, 0.4) is 0 Å². The number of hydrogen-bond donors (Lipinski definition) is 0. The molecule has 1 aliphatic heterocycles. The summed E-state index contributed by atoms with van der Waals surface area (Å²) >= 11 is 0. The third-order valence-electron chi connectivity index (χ3n) is 13.8. The SMILES string of the molecule is C1=CC2C(C=C1c1ccc3c(c1)-c1cc(-c4ccc5c(c4)c4ccccc4n5-c4ccccc4-c4ccccc4)ccc1C3)c1ccccc1N2c1ccccc1-c1ccccc1. The first-order chi connectivity index (χ1) is 31.2. The number of para-hydroxylation sites is 4. The Kier molecular flexibility index (Phi) is 8.14. The first-order valence-corrected chi connectivity index (χ1v) is 22.1. The number of fused-ring (bicyclic) bond motifs is 9. The number of aromatic nitrogens is 1. The van der Waals surface area contributed by atoms with E-state index in [2.05, 4.69) is 240 Å². The topological polar surface area (TPSA) is 8.17 Å². The van der Waals surface area contributed by atoms with Gasteiger partial charge in [0.2, 0.25) is 0 Å². The minimum absolute atomic E-state index is 0.193. The second-order valence-corrected chi connectivity index (χ2v) is 17.2. The molecule has 0 radical (unpaired) electrons. The van der Waals surface area contributed by atoms with Crippen LogP contribution in [0.25, 0.3) is 77.6 Å². The molecule has 0 N–H and O–H groups in total. The third-order valence-corrected chi connectivity index (χ3v) is 13.8. The minimum atomic E-state index is 0.193. The van der Waals surface area contributed by atoms with Crippen LogP contribution < -0.4 is 4.90 Å². The second kappa shape index (κ2) is 14.3. The first-order valence-electron chi connectivity index (χ1n) is 22.1. The van der Waals surface area contributed by atoms with Crippen molar-refractivity contribution < 1.29 is 0 Å². The minimum Gasteiger partial charge on any atom is -0.333 e. The van der Waals surface area contributed by atoms with Gasteiger partial charge in [-0.25, -0.2) is 0 Å². The van der Waals surface area contributed by atoms with Crippen LogP contribution in [0.1, 0.15) is 28.2 Å². The summed E-state index contributed by atoms with van der Waals surface area (Å²) in [7, 11) is 0. The van der Waals surface area contributed by atoms with Gasteiger partial charge in [0.25, 0.3) is 0 Å². The highest BCUT2D eigenvalue weighted by Gasteiger charge is 2.39. The Morgan fingerprint density at radius 3 is 1.70 bits per heavy atom. The summed E-state index contributed by atoms with van der Waals surface area (Å²) in [6.07, 6.45) is 8.28. The van der Waals surface area contributed by atoms with Crippen molar-refractivity contribution in [3.63, 3.8) is 0 Å². The number of rotatable bonds is 6. The monoisotopic (exact) mass is 802 g/mol. The zero-order valence-electron chi connectivity index (χ0n) is 34.7. The van der Waals surface area contributed by atoms with Crippen molar-refractivity contribution >= 4 is 38.8 Å². The zero-order chi connectivity index (χ0) is 41.4. The van der Waals surface area contributed by atoms with E-state index in [9.17, 15) is 0 Å². The maximum absolute atomic E-state index is 2.56. The average molecular weight is 803 g/mol. The smallest absolute Gasteiger partial charge is 0.0630 e. The predicted molar refractivity (Wildman–Crippen MR) is 264 cm³/mol. The van der Waals surface area contributed by atoms with Crippen LogP contribution in [0.5, 0.6) is 0 Å². The highest BCUT2D eigenvalue weighted by molar-refractivity contribution is 6.11. The molecule has 63 heavy (non-hydrogen) atoms. The summed E-state index contributed by atoms with van der Waals surface area (Å²) in [6.45, 7) is 0. The van der Waals surface area contributed by atoms with Gasteiger partial charge in [0.1, 0.15) is 0 Å². The van der Waals surface area contributed by atoms with Gasteiger partial charge in [-0.05, 0) is 116 Å². The average Bonchev–Trinajstić information content (AvgIpc) is 4.01. The van der Waals surface area contributed by atoms with Crippen LogP contribution in [-0.4, -0.2) is 10.6 Å². The molecule has 3 aliphatic rings. The van der Waals surface area contributed by atoms with Gasteiger partial charge in [0, 0.05) is 39.2 Å². The Morgan fingerprint density at radius 2 is 0.937 bits per heavy atom. The van der Waals surface area contributed by atoms with Crippen molar-refractivity contribution in [1.82, 2.24) is 4.57 Å². The molecule has 2 nitrogen and oxygen atoms in total. The van der Waals surface area contributed by atoms with Crippen molar-refractivity contribution in [1.29, 1.82) is 0 Å². The fraction of sp³-hybridized carbons (Fsp3) is 0.0492. The van der Waals surface area contributed by atoms with Crippen molar-refractivity contribution in [2.45, 2.75) is 18.4 Å². The fourth-order valence-corrected chi connectivity index (χ4v) is 10.8. The molecule has 2 aliphatic carbocycles. The Morgan fingerprint density at radius 1 is 0.381 bits per heavy atom. The molecule has 0 amide bonds. The Balaban J connectivity index is 0.860. The van der Waals surface area contributed by atoms with Gasteiger partial charge < -0.3 is 9.47 Å². The van der Waals surface area contributed by atoms with Gasteiger partial charge >= 0.3 is 0 Å². The molecule has 296 valence electrons. The summed E-state index contributed by atoms with van der Waals surface area (Å²) in [5.74, 6) is 0.241. The predicted octanol–water partition coefficient (Wildman–Crippen LogP) is 15.6. The molecule has 10 aromatic rings. The van der Waals surface area contributed by atoms with Crippen molar-refractivity contribution in [2.24, 2.45) is 0 Å².